The third-order valence-electron chi connectivity index (χ3n) is 4.61. The number of fused-ring (bicyclic) bond motifs is 1. The lowest BCUT2D eigenvalue weighted by atomic mass is 10.1. The molecule has 0 bridgehead atoms. The van der Waals surface area contributed by atoms with E-state index in [4.69, 9.17) is 0 Å². The van der Waals surface area contributed by atoms with Gasteiger partial charge in [-0.3, -0.25) is 9.36 Å². The molecule has 0 spiro atoms. The predicted molar refractivity (Wildman–Crippen MR) is 86.9 cm³/mol. The lowest BCUT2D eigenvalue weighted by Gasteiger charge is -2.18. The van der Waals surface area contributed by atoms with Crippen LogP contribution in [0.3, 0.4) is 0 Å². The quantitative estimate of drug-likeness (QED) is 0.761. The first kappa shape index (κ1) is 14.2. The zero-order chi connectivity index (χ0) is 15.8. The van der Waals surface area contributed by atoms with E-state index < -0.39 is 0 Å². The third-order valence-corrected chi connectivity index (χ3v) is 4.61. The maximum atomic E-state index is 10.4. The summed E-state index contributed by atoms with van der Waals surface area (Å²) < 4.78 is 3.69. The highest BCUT2D eigenvalue weighted by Gasteiger charge is 2.33. The molecule has 0 aromatic carbocycles. The zero-order valence-electron chi connectivity index (χ0n) is 13.0. The Hall–Kier alpha value is -2.41. The summed E-state index contributed by atoms with van der Waals surface area (Å²) in [4.78, 5) is 4.35. The van der Waals surface area contributed by atoms with Crippen molar-refractivity contribution in [3.8, 4) is 0 Å². The van der Waals surface area contributed by atoms with Gasteiger partial charge in [0, 0.05) is 37.9 Å². The van der Waals surface area contributed by atoms with E-state index in [1.54, 1.807) is 17.1 Å². The normalized spacial score (nSPS) is 24.3. The van der Waals surface area contributed by atoms with Gasteiger partial charge in [-0.05, 0) is 30.9 Å². The molecule has 1 unspecified atom stereocenters. The molecular weight excluding hydrogens is 292 g/mol. The van der Waals surface area contributed by atoms with Gasteiger partial charge in [0.05, 0.1) is 23.7 Å². The standard InChI is InChI=1S/C16H20N6O/c1-21-16-12(9-19-21)13(3-5-17-16)20-14-7-11(8-15(14)23)10-22-6-2-4-18-22/h2-6,9,11,14-15,23H,7-8,10H2,1H3,(H,17,20)/t11?,14-,15-/m1/s1. The molecule has 2 N–H and O–H groups in total. The maximum Gasteiger partial charge on any atom is 0.159 e. The van der Waals surface area contributed by atoms with Crippen molar-refractivity contribution >= 4 is 16.7 Å². The van der Waals surface area contributed by atoms with Crippen LogP contribution in [0.1, 0.15) is 12.8 Å². The number of aryl methyl sites for hydroxylation is 1. The summed E-state index contributed by atoms with van der Waals surface area (Å²) in [6.07, 6.45) is 8.70. The summed E-state index contributed by atoms with van der Waals surface area (Å²) >= 11 is 0. The minimum Gasteiger partial charge on any atom is -0.391 e. The van der Waals surface area contributed by atoms with Gasteiger partial charge < -0.3 is 10.4 Å². The molecule has 1 aliphatic carbocycles. The van der Waals surface area contributed by atoms with E-state index >= 15 is 0 Å². The third kappa shape index (κ3) is 2.68. The highest BCUT2D eigenvalue weighted by atomic mass is 16.3. The van der Waals surface area contributed by atoms with Gasteiger partial charge in [0.1, 0.15) is 0 Å². The number of hydrogen-bond donors (Lipinski definition) is 2. The van der Waals surface area contributed by atoms with Gasteiger partial charge in [0.25, 0.3) is 0 Å². The maximum absolute atomic E-state index is 10.4. The fourth-order valence-electron chi connectivity index (χ4n) is 3.47. The van der Waals surface area contributed by atoms with E-state index in [1.165, 1.54) is 0 Å². The van der Waals surface area contributed by atoms with Crippen molar-refractivity contribution in [3.05, 3.63) is 36.9 Å². The van der Waals surface area contributed by atoms with E-state index in [1.807, 2.05) is 36.3 Å². The smallest absolute Gasteiger partial charge is 0.159 e. The summed E-state index contributed by atoms with van der Waals surface area (Å²) in [5.74, 6) is 0.425. The van der Waals surface area contributed by atoms with Gasteiger partial charge in [-0.1, -0.05) is 0 Å². The minimum absolute atomic E-state index is 0.0429. The molecule has 3 atom stereocenters. The first-order valence-corrected chi connectivity index (χ1v) is 7.89. The average molecular weight is 312 g/mol. The van der Waals surface area contributed by atoms with Crippen molar-refractivity contribution in [2.45, 2.75) is 31.5 Å². The Balaban J connectivity index is 1.50. The summed E-state index contributed by atoms with van der Waals surface area (Å²) in [5.41, 5.74) is 1.82. The van der Waals surface area contributed by atoms with Gasteiger partial charge in [-0.2, -0.15) is 10.2 Å². The first-order chi connectivity index (χ1) is 11.2. The van der Waals surface area contributed by atoms with E-state index in [-0.39, 0.29) is 12.1 Å². The van der Waals surface area contributed by atoms with E-state index in [2.05, 4.69) is 20.5 Å². The van der Waals surface area contributed by atoms with Gasteiger partial charge in [0.15, 0.2) is 5.65 Å². The van der Waals surface area contributed by atoms with Gasteiger partial charge >= 0.3 is 0 Å². The molecule has 0 amide bonds. The highest BCUT2D eigenvalue weighted by molar-refractivity contribution is 5.88. The number of anilines is 1. The minimum atomic E-state index is -0.351. The molecule has 3 heterocycles. The fourth-order valence-corrected chi connectivity index (χ4v) is 3.47. The molecule has 0 radical (unpaired) electrons. The van der Waals surface area contributed by atoms with Crippen LogP contribution in [-0.4, -0.2) is 41.8 Å². The number of hydrogen-bond acceptors (Lipinski definition) is 5. The topological polar surface area (TPSA) is 80.8 Å². The average Bonchev–Trinajstić information content (AvgIpc) is 3.24. The number of rotatable bonds is 4. The van der Waals surface area contributed by atoms with Crippen LogP contribution in [0.2, 0.25) is 0 Å². The number of aromatic nitrogens is 5. The van der Waals surface area contributed by atoms with Crippen LogP contribution in [0, 0.1) is 5.92 Å². The SMILES string of the molecule is Cn1ncc2c(N[C@@H]3CC(Cn4cccn4)C[C@H]3O)ccnc21. The molecule has 1 fully saturated rings. The van der Waals surface area contributed by atoms with E-state index in [0.717, 1.165) is 36.1 Å². The molecule has 3 aromatic rings. The summed E-state index contributed by atoms with van der Waals surface area (Å²) in [6, 6.07) is 3.91. The van der Waals surface area contributed by atoms with Gasteiger partial charge in [-0.15, -0.1) is 0 Å². The molecule has 7 nitrogen and oxygen atoms in total. The van der Waals surface area contributed by atoms with E-state index in [0.29, 0.717) is 5.92 Å². The van der Waals surface area contributed by atoms with Crippen LogP contribution >= 0.6 is 0 Å². The Morgan fingerprint density at radius 2 is 2.22 bits per heavy atom. The van der Waals surface area contributed by atoms with Crippen LogP contribution in [0.5, 0.6) is 0 Å². The lowest BCUT2D eigenvalue weighted by molar-refractivity contribution is 0.166. The Kier molecular flexibility index (Phi) is 3.49. The van der Waals surface area contributed by atoms with Crippen molar-refractivity contribution < 1.29 is 5.11 Å². The Morgan fingerprint density at radius 3 is 3.04 bits per heavy atom. The van der Waals surface area contributed by atoms with Crippen LogP contribution < -0.4 is 5.32 Å². The molecule has 7 heteroatoms. The van der Waals surface area contributed by atoms with Crippen LogP contribution in [0.4, 0.5) is 5.69 Å². The van der Waals surface area contributed by atoms with E-state index in [9.17, 15) is 5.11 Å². The van der Waals surface area contributed by atoms with Crippen molar-refractivity contribution in [2.75, 3.05) is 5.32 Å². The predicted octanol–water partition coefficient (Wildman–Crippen LogP) is 1.42. The largest absolute Gasteiger partial charge is 0.391 e. The summed E-state index contributed by atoms with van der Waals surface area (Å²) in [5, 5.41) is 23.4. The monoisotopic (exact) mass is 312 g/mol. The molecule has 0 aliphatic heterocycles. The number of aliphatic hydroxyl groups is 1. The van der Waals surface area contributed by atoms with Crippen molar-refractivity contribution in [1.82, 2.24) is 24.5 Å². The van der Waals surface area contributed by atoms with Crippen LogP contribution in [0.15, 0.2) is 36.9 Å². The fraction of sp³-hybridized carbons (Fsp3) is 0.438. The number of nitrogens with zero attached hydrogens (tertiary/aromatic N) is 5. The Morgan fingerprint density at radius 1 is 1.30 bits per heavy atom. The van der Waals surface area contributed by atoms with Crippen molar-refractivity contribution in [1.29, 1.82) is 0 Å². The van der Waals surface area contributed by atoms with Gasteiger partial charge in [0.2, 0.25) is 0 Å². The number of pyridine rings is 1. The summed E-state index contributed by atoms with van der Waals surface area (Å²) in [6.45, 7) is 0.848. The molecular formula is C16H20N6O. The molecule has 1 saturated carbocycles. The first-order valence-electron chi connectivity index (χ1n) is 7.89. The number of aliphatic hydroxyl groups excluding tert-OH is 1. The molecule has 120 valence electrons. The second-order valence-corrected chi connectivity index (χ2v) is 6.25. The second-order valence-electron chi connectivity index (χ2n) is 6.25. The summed E-state index contributed by atoms with van der Waals surface area (Å²) in [7, 11) is 1.88. The van der Waals surface area contributed by atoms with Crippen molar-refractivity contribution in [2.24, 2.45) is 13.0 Å². The number of nitrogens with one attached hydrogen (secondary N) is 1. The molecule has 3 aromatic heterocycles. The molecule has 0 saturated heterocycles. The Bertz CT molecular complexity index is 796. The zero-order valence-corrected chi connectivity index (χ0v) is 13.0. The molecule has 4 rings (SSSR count). The second kappa shape index (κ2) is 5.66. The Labute approximate surface area is 133 Å². The molecule has 1 aliphatic rings. The molecule has 23 heavy (non-hydrogen) atoms. The van der Waals surface area contributed by atoms with Gasteiger partial charge in [-0.25, -0.2) is 4.98 Å². The lowest BCUT2D eigenvalue weighted by Crippen LogP contribution is -2.28. The van der Waals surface area contributed by atoms with Crippen LogP contribution in [0.25, 0.3) is 11.0 Å². The highest BCUT2D eigenvalue weighted by Crippen LogP contribution is 2.31. The van der Waals surface area contributed by atoms with Crippen LogP contribution in [-0.2, 0) is 13.6 Å². The van der Waals surface area contributed by atoms with Crippen molar-refractivity contribution in [3.63, 3.8) is 0 Å².